The third kappa shape index (κ3) is 4.23. The summed E-state index contributed by atoms with van der Waals surface area (Å²) in [6, 6.07) is 5.16. The lowest BCUT2D eigenvalue weighted by Crippen LogP contribution is -2.21. The zero-order chi connectivity index (χ0) is 15.3. The van der Waals surface area contributed by atoms with Gasteiger partial charge in [-0.25, -0.2) is 0 Å². The molecule has 1 aromatic rings. The van der Waals surface area contributed by atoms with Crippen LogP contribution in [0.1, 0.15) is 24.0 Å². The molecule has 0 bridgehead atoms. The topological polar surface area (TPSA) is 47.9 Å². The predicted octanol–water partition coefficient (Wildman–Crippen LogP) is 3.30. The highest BCUT2D eigenvalue weighted by molar-refractivity contribution is 5.53. The second-order valence-corrected chi connectivity index (χ2v) is 4.86. The highest BCUT2D eigenvalue weighted by Gasteiger charge is 2.33. The van der Waals surface area contributed by atoms with Crippen LogP contribution in [0.3, 0.4) is 0 Å². The first kappa shape index (κ1) is 15.4. The summed E-state index contributed by atoms with van der Waals surface area (Å²) in [5, 5.41) is 15.1. The molecule has 0 unspecified atom stereocenters. The number of alkyl halides is 3. The highest BCUT2D eigenvalue weighted by Crippen LogP contribution is 2.33. The molecule has 2 rings (SSSR count). The fourth-order valence-corrected chi connectivity index (χ4v) is 2.26. The first-order valence-corrected chi connectivity index (χ1v) is 6.74. The van der Waals surface area contributed by atoms with Gasteiger partial charge in [-0.15, -0.1) is 0 Å². The van der Waals surface area contributed by atoms with Gasteiger partial charge in [-0.05, 0) is 37.6 Å². The first-order valence-electron chi connectivity index (χ1n) is 6.74. The molecule has 0 aliphatic carbocycles. The van der Waals surface area contributed by atoms with Crippen molar-refractivity contribution < 1.29 is 13.2 Å². The average Bonchev–Trinajstić information content (AvgIpc) is 2.47. The number of halogens is 3. The van der Waals surface area contributed by atoms with Gasteiger partial charge in [-0.2, -0.15) is 18.4 Å². The van der Waals surface area contributed by atoms with Gasteiger partial charge < -0.3 is 10.6 Å². The molecular formula is C15H16F3N3. The Morgan fingerprint density at radius 3 is 2.76 bits per heavy atom. The molecule has 1 aromatic carbocycles. The minimum absolute atomic E-state index is 0.353. The highest BCUT2D eigenvalue weighted by atomic mass is 19.4. The molecule has 0 saturated carbocycles. The van der Waals surface area contributed by atoms with Crippen molar-refractivity contribution in [2.45, 2.75) is 19.0 Å². The molecule has 0 amide bonds. The summed E-state index contributed by atoms with van der Waals surface area (Å²) in [5.74, 6) is 0. The monoisotopic (exact) mass is 295 g/mol. The molecule has 0 saturated heterocycles. The van der Waals surface area contributed by atoms with E-state index in [1.165, 1.54) is 17.7 Å². The number of hydrogen-bond donors (Lipinski definition) is 2. The van der Waals surface area contributed by atoms with Crippen LogP contribution in [0.5, 0.6) is 0 Å². The summed E-state index contributed by atoms with van der Waals surface area (Å²) in [4.78, 5) is 0. The number of benzene rings is 1. The van der Waals surface area contributed by atoms with E-state index in [0.29, 0.717) is 12.2 Å². The van der Waals surface area contributed by atoms with E-state index in [9.17, 15) is 13.2 Å². The molecule has 2 N–H and O–H groups in total. The predicted molar refractivity (Wildman–Crippen MR) is 74.8 cm³/mol. The summed E-state index contributed by atoms with van der Waals surface area (Å²) in [7, 11) is 0. The van der Waals surface area contributed by atoms with E-state index >= 15 is 0 Å². The Hall–Kier alpha value is -2.00. The van der Waals surface area contributed by atoms with Gasteiger partial charge in [0.05, 0.1) is 17.2 Å². The second kappa shape index (κ2) is 6.64. The van der Waals surface area contributed by atoms with Crippen molar-refractivity contribution in [3.63, 3.8) is 0 Å². The molecule has 0 atom stereocenters. The summed E-state index contributed by atoms with van der Waals surface area (Å²) >= 11 is 0. The van der Waals surface area contributed by atoms with Gasteiger partial charge in [0.15, 0.2) is 0 Å². The van der Waals surface area contributed by atoms with Crippen LogP contribution in [-0.4, -0.2) is 19.6 Å². The minimum Gasteiger partial charge on any atom is -0.385 e. The van der Waals surface area contributed by atoms with Crippen LogP contribution in [0.4, 0.5) is 18.9 Å². The molecular weight excluding hydrogens is 279 g/mol. The lowest BCUT2D eigenvalue weighted by molar-refractivity contribution is -0.137. The summed E-state index contributed by atoms with van der Waals surface area (Å²) < 4.78 is 38.0. The van der Waals surface area contributed by atoms with Crippen LogP contribution in [0.15, 0.2) is 29.8 Å². The van der Waals surface area contributed by atoms with Crippen LogP contribution in [0, 0.1) is 11.3 Å². The molecule has 1 aliphatic rings. The smallest absolute Gasteiger partial charge is 0.385 e. The van der Waals surface area contributed by atoms with Crippen molar-refractivity contribution in [1.82, 2.24) is 5.32 Å². The van der Waals surface area contributed by atoms with Gasteiger partial charge in [-0.1, -0.05) is 11.6 Å². The number of hydrogen-bond acceptors (Lipinski definition) is 3. The van der Waals surface area contributed by atoms with Crippen molar-refractivity contribution in [2.75, 3.05) is 25.0 Å². The molecule has 0 spiro atoms. The van der Waals surface area contributed by atoms with Gasteiger partial charge >= 0.3 is 6.18 Å². The maximum Gasteiger partial charge on any atom is 0.417 e. The van der Waals surface area contributed by atoms with Gasteiger partial charge in [-0.3, -0.25) is 0 Å². The Kier molecular flexibility index (Phi) is 4.86. The van der Waals surface area contributed by atoms with E-state index in [0.717, 1.165) is 32.0 Å². The van der Waals surface area contributed by atoms with Crippen molar-refractivity contribution in [3.05, 3.63) is 41.0 Å². The van der Waals surface area contributed by atoms with Gasteiger partial charge in [0.2, 0.25) is 0 Å². The van der Waals surface area contributed by atoms with Crippen LogP contribution in [0.2, 0.25) is 0 Å². The molecule has 0 aromatic heterocycles. The summed E-state index contributed by atoms with van der Waals surface area (Å²) in [6.45, 7) is 2.47. The fourth-order valence-electron chi connectivity index (χ4n) is 2.26. The molecule has 1 aliphatic heterocycles. The summed E-state index contributed by atoms with van der Waals surface area (Å²) in [6.07, 6.45) is -0.509. The van der Waals surface area contributed by atoms with Crippen molar-refractivity contribution in [1.29, 1.82) is 5.26 Å². The van der Waals surface area contributed by atoms with Crippen molar-refractivity contribution in [2.24, 2.45) is 0 Å². The van der Waals surface area contributed by atoms with Gasteiger partial charge in [0.1, 0.15) is 0 Å². The second-order valence-electron chi connectivity index (χ2n) is 4.86. The van der Waals surface area contributed by atoms with Crippen LogP contribution in [-0.2, 0) is 6.18 Å². The maximum absolute atomic E-state index is 12.7. The van der Waals surface area contributed by atoms with Crippen LogP contribution >= 0.6 is 0 Å². The van der Waals surface area contributed by atoms with E-state index in [1.54, 1.807) is 6.07 Å². The molecule has 21 heavy (non-hydrogen) atoms. The van der Waals surface area contributed by atoms with Gasteiger partial charge in [0.25, 0.3) is 0 Å². The van der Waals surface area contributed by atoms with E-state index in [2.05, 4.69) is 16.7 Å². The Labute approximate surface area is 121 Å². The van der Waals surface area contributed by atoms with E-state index in [1.807, 2.05) is 0 Å². The Bertz CT molecular complexity index is 571. The zero-order valence-electron chi connectivity index (χ0n) is 11.4. The summed E-state index contributed by atoms with van der Waals surface area (Å²) in [5.41, 5.74) is 0.632. The van der Waals surface area contributed by atoms with Crippen LogP contribution < -0.4 is 10.6 Å². The number of nitriles is 1. The lowest BCUT2D eigenvalue weighted by Gasteiger charge is -2.15. The number of anilines is 1. The third-order valence-corrected chi connectivity index (χ3v) is 3.38. The molecule has 1 heterocycles. The lowest BCUT2D eigenvalue weighted by atomic mass is 10.1. The van der Waals surface area contributed by atoms with Crippen molar-refractivity contribution in [3.8, 4) is 6.07 Å². The SMILES string of the molecule is N#Cc1cc(NCCC2=CCNCC2)ccc1C(F)(F)F. The average molecular weight is 295 g/mol. The third-order valence-electron chi connectivity index (χ3n) is 3.38. The Balaban J connectivity index is 1.98. The van der Waals surface area contributed by atoms with Crippen LogP contribution in [0.25, 0.3) is 0 Å². The maximum atomic E-state index is 12.7. The largest absolute Gasteiger partial charge is 0.417 e. The quantitative estimate of drug-likeness (QED) is 0.838. The molecule has 112 valence electrons. The minimum atomic E-state index is -4.50. The number of nitrogens with one attached hydrogen (secondary N) is 2. The number of rotatable bonds is 4. The molecule has 0 radical (unpaired) electrons. The fraction of sp³-hybridized carbons (Fsp3) is 0.400. The zero-order valence-corrected chi connectivity index (χ0v) is 11.4. The molecule has 0 fully saturated rings. The standard InChI is InChI=1S/C15H16F3N3/c16-15(17,18)14-2-1-13(9-12(14)10-19)21-8-5-11-3-6-20-7-4-11/h1-3,9,20-21H,4-8H2. The first-order chi connectivity index (χ1) is 10.0. The Morgan fingerprint density at radius 2 is 2.14 bits per heavy atom. The number of nitrogens with zero attached hydrogens (tertiary/aromatic N) is 1. The molecule has 6 heteroatoms. The van der Waals surface area contributed by atoms with E-state index in [-0.39, 0.29) is 5.56 Å². The Morgan fingerprint density at radius 1 is 1.33 bits per heavy atom. The van der Waals surface area contributed by atoms with E-state index < -0.39 is 11.7 Å². The molecule has 3 nitrogen and oxygen atoms in total. The van der Waals surface area contributed by atoms with Crippen molar-refractivity contribution >= 4 is 5.69 Å². The normalized spacial score (nSPS) is 15.2. The van der Waals surface area contributed by atoms with E-state index in [4.69, 9.17) is 5.26 Å². The van der Waals surface area contributed by atoms with Gasteiger partial charge in [0, 0.05) is 18.8 Å².